The molecule has 46 heavy (non-hydrogen) atoms. The predicted molar refractivity (Wildman–Crippen MR) is 187 cm³/mol. The number of nitrogens with one attached hydrogen (secondary N) is 1. The number of amides is 1. The first kappa shape index (κ1) is 45.2. The highest BCUT2D eigenvalue weighted by molar-refractivity contribution is 5.76. The zero-order chi connectivity index (χ0) is 34.3. The van der Waals surface area contributed by atoms with Crippen molar-refractivity contribution in [1.29, 1.82) is 0 Å². The summed E-state index contributed by atoms with van der Waals surface area (Å²) < 4.78 is 5.36. The molecule has 0 aliphatic heterocycles. The average Bonchev–Trinajstić information content (AvgIpc) is 3.06. The van der Waals surface area contributed by atoms with Gasteiger partial charge in [-0.15, -0.1) is 0 Å². The molecular formula is C37H75NO8. The Hall–Kier alpha value is -0.810. The highest BCUT2D eigenvalue weighted by Crippen LogP contribution is 2.16. The van der Waals surface area contributed by atoms with Crippen LogP contribution in [0.5, 0.6) is 0 Å². The lowest BCUT2D eigenvalue weighted by molar-refractivity contribution is -0.126. The lowest BCUT2D eigenvalue weighted by Crippen LogP contribution is -2.51. The monoisotopic (exact) mass is 662 g/mol. The second kappa shape index (κ2) is 32.7. The van der Waals surface area contributed by atoms with Crippen molar-refractivity contribution in [3.05, 3.63) is 0 Å². The van der Waals surface area contributed by atoms with Gasteiger partial charge >= 0.3 is 0 Å². The molecule has 0 radical (unpaired) electrons. The highest BCUT2D eigenvalue weighted by Gasteiger charge is 2.29. The van der Waals surface area contributed by atoms with Gasteiger partial charge in [0, 0.05) is 6.42 Å². The first-order valence-electron chi connectivity index (χ1n) is 19.2. The predicted octanol–water partition coefficient (Wildman–Crippen LogP) is 6.08. The lowest BCUT2D eigenvalue weighted by Gasteiger charge is -2.28. The second-order valence-electron chi connectivity index (χ2n) is 13.5. The molecule has 0 heterocycles. The van der Waals surface area contributed by atoms with E-state index in [2.05, 4.69) is 12.2 Å². The fraction of sp³-hybridized carbons (Fsp3) is 0.973. The van der Waals surface area contributed by atoms with E-state index in [1.54, 1.807) is 6.92 Å². The van der Waals surface area contributed by atoms with Crippen molar-refractivity contribution in [1.82, 2.24) is 5.32 Å². The Labute approximate surface area is 281 Å². The zero-order valence-corrected chi connectivity index (χ0v) is 29.8. The van der Waals surface area contributed by atoms with Gasteiger partial charge in [0.1, 0.15) is 24.4 Å². The van der Waals surface area contributed by atoms with E-state index in [1.807, 2.05) is 0 Å². The standard InChI is InChI=1S/C37H75NO8/c1-3-5-6-7-8-9-10-11-12-13-14-15-16-17-18-19-20-21-22-23-24-25-26-27-35(43)38-31(36(44)32(40)4-2)29-46-30-34(42)37(45)33(41)28-39/h31-34,36-37,39-42,44-45H,3-30H2,1-2H3,(H,38,43). The Kier molecular flexibility index (Phi) is 32.1. The number of hydrogen-bond acceptors (Lipinski definition) is 8. The van der Waals surface area contributed by atoms with Crippen LogP contribution in [0.4, 0.5) is 0 Å². The molecule has 9 nitrogen and oxygen atoms in total. The normalized spacial score (nSPS) is 15.7. The quantitative estimate of drug-likeness (QED) is 0.0403. The Balaban J connectivity index is 3.76. The maximum Gasteiger partial charge on any atom is 0.220 e. The zero-order valence-electron chi connectivity index (χ0n) is 29.8. The van der Waals surface area contributed by atoms with E-state index in [0.29, 0.717) is 6.42 Å². The van der Waals surface area contributed by atoms with Crippen molar-refractivity contribution >= 4 is 5.91 Å². The molecule has 276 valence electrons. The maximum atomic E-state index is 12.5. The van der Waals surface area contributed by atoms with Crippen LogP contribution in [0, 0.1) is 0 Å². The molecule has 0 aromatic rings. The first-order valence-corrected chi connectivity index (χ1v) is 19.2. The molecule has 0 spiro atoms. The summed E-state index contributed by atoms with van der Waals surface area (Å²) in [5, 5.41) is 61.2. The fourth-order valence-corrected chi connectivity index (χ4v) is 5.86. The largest absolute Gasteiger partial charge is 0.394 e. The van der Waals surface area contributed by atoms with Crippen LogP contribution in [0.15, 0.2) is 0 Å². The van der Waals surface area contributed by atoms with Gasteiger partial charge < -0.3 is 40.7 Å². The molecule has 1 amide bonds. The molecule has 0 fully saturated rings. The number of rotatable bonds is 35. The van der Waals surface area contributed by atoms with Gasteiger partial charge in [0.15, 0.2) is 0 Å². The van der Waals surface area contributed by atoms with Gasteiger partial charge in [-0.2, -0.15) is 0 Å². The number of ether oxygens (including phenoxy) is 1. The fourth-order valence-electron chi connectivity index (χ4n) is 5.86. The van der Waals surface area contributed by atoms with Crippen molar-refractivity contribution < 1.29 is 40.2 Å². The Morgan fingerprint density at radius 1 is 0.522 bits per heavy atom. The number of aliphatic hydroxyl groups is 6. The molecule has 6 unspecified atom stereocenters. The molecule has 0 aliphatic rings. The summed E-state index contributed by atoms with van der Waals surface area (Å²) in [4.78, 5) is 12.5. The number of carbonyl (C=O) groups is 1. The molecule has 9 heteroatoms. The summed E-state index contributed by atoms with van der Waals surface area (Å²) in [6.45, 7) is 2.71. The summed E-state index contributed by atoms with van der Waals surface area (Å²) in [5.41, 5.74) is 0. The minimum absolute atomic E-state index is 0.192. The van der Waals surface area contributed by atoms with Gasteiger partial charge in [0.25, 0.3) is 0 Å². The van der Waals surface area contributed by atoms with Crippen molar-refractivity contribution in [2.45, 2.75) is 211 Å². The van der Waals surface area contributed by atoms with E-state index in [0.717, 1.165) is 19.3 Å². The van der Waals surface area contributed by atoms with Crippen LogP contribution in [0.3, 0.4) is 0 Å². The third-order valence-corrected chi connectivity index (χ3v) is 9.14. The van der Waals surface area contributed by atoms with Gasteiger partial charge in [-0.1, -0.05) is 155 Å². The van der Waals surface area contributed by atoms with Crippen LogP contribution in [0.1, 0.15) is 174 Å². The number of carbonyl (C=O) groups excluding carboxylic acids is 1. The first-order chi connectivity index (χ1) is 22.3. The molecule has 0 aromatic heterocycles. The van der Waals surface area contributed by atoms with Gasteiger partial charge in [0.05, 0.1) is 32.0 Å². The minimum Gasteiger partial charge on any atom is -0.394 e. The van der Waals surface area contributed by atoms with Crippen molar-refractivity contribution in [3.63, 3.8) is 0 Å². The van der Waals surface area contributed by atoms with Gasteiger partial charge in [0.2, 0.25) is 5.91 Å². The summed E-state index contributed by atoms with van der Waals surface area (Å²) in [7, 11) is 0. The van der Waals surface area contributed by atoms with Gasteiger partial charge in [-0.05, 0) is 12.8 Å². The van der Waals surface area contributed by atoms with Crippen LogP contribution in [0.25, 0.3) is 0 Å². The van der Waals surface area contributed by atoms with Gasteiger partial charge in [-0.25, -0.2) is 0 Å². The topological polar surface area (TPSA) is 160 Å². The summed E-state index contributed by atoms with van der Waals surface area (Å²) >= 11 is 0. The molecule has 0 aliphatic carbocycles. The van der Waals surface area contributed by atoms with Crippen molar-refractivity contribution in [2.75, 3.05) is 19.8 Å². The smallest absolute Gasteiger partial charge is 0.220 e. The SMILES string of the molecule is CCCCCCCCCCCCCCCCCCCCCCCCCC(=O)NC(COCC(O)C(O)C(O)CO)C(O)C(O)CC. The molecule has 0 saturated carbocycles. The molecule has 6 atom stereocenters. The molecule has 0 saturated heterocycles. The van der Waals surface area contributed by atoms with Crippen molar-refractivity contribution in [2.24, 2.45) is 0 Å². The van der Waals surface area contributed by atoms with Crippen LogP contribution in [-0.4, -0.2) is 92.9 Å². The van der Waals surface area contributed by atoms with Gasteiger partial charge in [-0.3, -0.25) is 4.79 Å². The molecule has 0 rings (SSSR count). The van der Waals surface area contributed by atoms with E-state index in [1.165, 1.54) is 128 Å². The summed E-state index contributed by atoms with van der Waals surface area (Å²) in [5.74, 6) is -0.240. The number of aliphatic hydroxyl groups excluding tert-OH is 6. The third-order valence-electron chi connectivity index (χ3n) is 9.14. The van der Waals surface area contributed by atoms with E-state index >= 15 is 0 Å². The molecule has 0 bridgehead atoms. The molecule has 7 N–H and O–H groups in total. The highest BCUT2D eigenvalue weighted by atomic mass is 16.5. The number of unbranched alkanes of at least 4 members (excludes halogenated alkanes) is 22. The minimum atomic E-state index is -1.59. The van der Waals surface area contributed by atoms with Crippen LogP contribution < -0.4 is 5.32 Å². The molecule has 0 aromatic carbocycles. The third kappa shape index (κ3) is 26.2. The van der Waals surface area contributed by atoms with E-state index in [9.17, 15) is 30.3 Å². The number of hydrogen-bond donors (Lipinski definition) is 7. The summed E-state index contributed by atoms with van der Waals surface area (Å²) in [6, 6.07) is -0.890. The average molecular weight is 662 g/mol. The summed E-state index contributed by atoms with van der Waals surface area (Å²) in [6.07, 6.45) is 24.0. The Morgan fingerprint density at radius 2 is 0.913 bits per heavy atom. The van der Waals surface area contributed by atoms with Crippen LogP contribution in [0.2, 0.25) is 0 Å². The van der Waals surface area contributed by atoms with E-state index in [-0.39, 0.29) is 25.5 Å². The van der Waals surface area contributed by atoms with E-state index < -0.39 is 43.2 Å². The Morgan fingerprint density at radius 3 is 1.28 bits per heavy atom. The van der Waals surface area contributed by atoms with Crippen molar-refractivity contribution in [3.8, 4) is 0 Å². The van der Waals surface area contributed by atoms with Crippen LogP contribution in [-0.2, 0) is 9.53 Å². The second-order valence-corrected chi connectivity index (χ2v) is 13.5. The van der Waals surface area contributed by atoms with E-state index in [4.69, 9.17) is 9.84 Å². The lowest BCUT2D eigenvalue weighted by atomic mass is 10.0. The molecular weight excluding hydrogens is 586 g/mol. The Bertz CT molecular complexity index is 655. The maximum absolute atomic E-state index is 12.5. The van der Waals surface area contributed by atoms with Crippen LogP contribution >= 0.6 is 0 Å².